The number of nitrogens with one attached hydrogen (secondary N) is 1. The third-order valence-electron chi connectivity index (χ3n) is 4.94. The summed E-state index contributed by atoms with van der Waals surface area (Å²) in [6.07, 6.45) is 3.85. The van der Waals surface area contributed by atoms with Crippen molar-refractivity contribution in [3.05, 3.63) is 57.0 Å². The number of hydrogen-bond acceptors (Lipinski definition) is 6. The highest BCUT2D eigenvalue weighted by molar-refractivity contribution is 5.92. The Morgan fingerprint density at radius 3 is 2.74 bits per heavy atom. The van der Waals surface area contributed by atoms with Gasteiger partial charge in [-0.05, 0) is 48.1 Å². The van der Waals surface area contributed by atoms with E-state index in [9.17, 15) is 14.9 Å². The summed E-state index contributed by atoms with van der Waals surface area (Å²) in [5, 5.41) is 11.2. The maximum absolute atomic E-state index is 12.8. The summed E-state index contributed by atoms with van der Waals surface area (Å²) in [4.78, 5) is 37.1. The molecule has 0 amide bonds. The van der Waals surface area contributed by atoms with Crippen LogP contribution < -0.4 is 10.5 Å². The van der Waals surface area contributed by atoms with Crippen LogP contribution in [0.25, 0.3) is 22.2 Å². The Bertz CT molecular complexity index is 1060. The number of benzene rings is 1. The second-order valence-corrected chi connectivity index (χ2v) is 6.94. The Morgan fingerprint density at radius 1 is 1.26 bits per heavy atom. The molecule has 1 fully saturated rings. The van der Waals surface area contributed by atoms with Gasteiger partial charge in [-0.25, -0.2) is 4.98 Å². The highest BCUT2D eigenvalue weighted by Gasteiger charge is 2.20. The molecule has 1 aliphatic heterocycles. The number of hydrogen-bond donors (Lipinski definition) is 1. The van der Waals surface area contributed by atoms with Crippen LogP contribution >= 0.6 is 0 Å². The fourth-order valence-corrected chi connectivity index (χ4v) is 3.59. The van der Waals surface area contributed by atoms with Crippen molar-refractivity contribution in [2.75, 3.05) is 18.0 Å². The number of fused-ring (bicyclic) bond motifs is 1. The Kier molecular flexibility index (Phi) is 4.31. The van der Waals surface area contributed by atoms with Crippen molar-refractivity contribution in [1.29, 1.82) is 0 Å². The van der Waals surface area contributed by atoms with Crippen LogP contribution in [0, 0.1) is 16.0 Å². The van der Waals surface area contributed by atoms with E-state index < -0.39 is 4.92 Å². The number of anilines is 1. The number of pyridine rings is 1. The van der Waals surface area contributed by atoms with Crippen molar-refractivity contribution in [2.24, 2.45) is 5.92 Å². The highest BCUT2D eigenvalue weighted by Crippen LogP contribution is 2.27. The van der Waals surface area contributed by atoms with Gasteiger partial charge in [-0.15, -0.1) is 0 Å². The zero-order chi connectivity index (χ0) is 19.0. The van der Waals surface area contributed by atoms with Crippen molar-refractivity contribution in [1.82, 2.24) is 15.0 Å². The third kappa shape index (κ3) is 3.25. The van der Waals surface area contributed by atoms with E-state index in [0.717, 1.165) is 19.5 Å². The maximum atomic E-state index is 12.8. The van der Waals surface area contributed by atoms with Gasteiger partial charge < -0.3 is 4.90 Å². The molecule has 0 saturated carbocycles. The van der Waals surface area contributed by atoms with Crippen molar-refractivity contribution in [2.45, 2.75) is 19.8 Å². The molecule has 27 heavy (non-hydrogen) atoms. The van der Waals surface area contributed by atoms with Crippen molar-refractivity contribution >= 4 is 22.7 Å². The van der Waals surface area contributed by atoms with E-state index in [0.29, 0.717) is 34.0 Å². The van der Waals surface area contributed by atoms with Gasteiger partial charge >= 0.3 is 0 Å². The molecule has 1 saturated heterocycles. The van der Waals surface area contributed by atoms with Crippen LogP contribution in [0.15, 0.2) is 41.3 Å². The summed E-state index contributed by atoms with van der Waals surface area (Å²) >= 11 is 0. The quantitative estimate of drug-likeness (QED) is 0.565. The average Bonchev–Trinajstić information content (AvgIpc) is 2.67. The first kappa shape index (κ1) is 17.1. The van der Waals surface area contributed by atoms with Crippen LogP contribution in [0.5, 0.6) is 0 Å². The van der Waals surface area contributed by atoms with E-state index in [-0.39, 0.29) is 11.2 Å². The standard InChI is InChI=1S/C19H19N5O3/c1-12-3-2-10-23(11-12)19-21-17-16(18(25)22-19)15(8-9-20-17)13-4-6-14(7-5-13)24(26)27/h4-9,12H,2-3,10-11H2,1H3,(H,20,21,22,25). The molecule has 3 heterocycles. The number of nitrogens with zero attached hydrogens (tertiary/aromatic N) is 4. The van der Waals surface area contributed by atoms with Crippen LogP contribution in [0.4, 0.5) is 11.6 Å². The van der Waals surface area contributed by atoms with Crippen LogP contribution in [-0.2, 0) is 0 Å². The largest absolute Gasteiger partial charge is 0.342 e. The van der Waals surface area contributed by atoms with Gasteiger partial charge in [-0.2, -0.15) is 4.98 Å². The lowest BCUT2D eigenvalue weighted by Crippen LogP contribution is -2.36. The van der Waals surface area contributed by atoms with Crippen LogP contribution in [0.3, 0.4) is 0 Å². The minimum atomic E-state index is -0.450. The Labute approximate surface area is 155 Å². The molecule has 1 aromatic carbocycles. The van der Waals surface area contributed by atoms with Crippen LogP contribution in [-0.4, -0.2) is 33.0 Å². The van der Waals surface area contributed by atoms with E-state index in [1.54, 1.807) is 24.4 Å². The first-order chi connectivity index (χ1) is 13.0. The van der Waals surface area contributed by atoms with Gasteiger partial charge in [0.1, 0.15) is 0 Å². The second kappa shape index (κ2) is 6.79. The monoisotopic (exact) mass is 365 g/mol. The van der Waals surface area contributed by atoms with E-state index in [2.05, 4.69) is 26.8 Å². The lowest BCUT2D eigenvalue weighted by Gasteiger charge is -2.31. The smallest absolute Gasteiger partial charge is 0.269 e. The predicted molar refractivity (Wildman–Crippen MR) is 103 cm³/mol. The molecule has 1 aliphatic rings. The van der Waals surface area contributed by atoms with Gasteiger partial charge in [0.15, 0.2) is 5.65 Å². The topological polar surface area (TPSA) is 105 Å². The summed E-state index contributed by atoms with van der Waals surface area (Å²) in [6, 6.07) is 7.83. The van der Waals surface area contributed by atoms with Gasteiger partial charge in [0.25, 0.3) is 11.2 Å². The molecular formula is C19H19N5O3. The fraction of sp³-hybridized carbons (Fsp3) is 0.316. The summed E-state index contributed by atoms with van der Waals surface area (Å²) in [7, 11) is 0. The summed E-state index contributed by atoms with van der Waals surface area (Å²) < 4.78 is 0. The molecule has 8 nitrogen and oxygen atoms in total. The highest BCUT2D eigenvalue weighted by atomic mass is 16.6. The molecule has 138 valence electrons. The second-order valence-electron chi connectivity index (χ2n) is 6.94. The fourth-order valence-electron chi connectivity index (χ4n) is 3.59. The third-order valence-corrected chi connectivity index (χ3v) is 4.94. The summed E-state index contributed by atoms with van der Waals surface area (Å²) in [5.41, 5.74) is 1.49. The van der Waals surface area contributed by atoms with Gasteiger partial charge in [-0.1, -0.05) is 6.92 Å². The first-order valence-corrected chi connectivity index (χ1v) is 8.92. The SMILES string of the molecule is CC1CCCN(c2nc3nccc(-c4ccc([N+](=O)[O-])cc4)c3c(=O)[nH]2)C1. The molecule has 0 aliphatic carbocycles. The molecule has 0 radical (unpaired) electrons. The number of piperidine rings is 1. The van der Waals surface area contributed by atoms with Gasteiger partial charge in [-0.3, -0.25) is 19.9 Å². The molecule has 1 N–H and O–H groups in total. The molecule has 3 aromatic rings. The van der Waals surface area contributed by atoms with E-state index in [4.69, 9.17) is 0 Å². The number of nitro benzene ring substituents is 1. The molecule has 1 unspecified atom stereocenters. The number of aromatic amines is 1. The molecule has 4 rings (SSSR count). The average molecular weight is 365 g/mol. The summed E-state index contributed by atoms with van der Waals surface area (Å²) in [6.45, 7) is 3.91. The Balaban J connectivity index is 1.79. The van der Waals surface area contributed by atoms with Crippen molar-refractivity contribution in [3.63, 3.8) is 0 Å². The zero-order valence-corrected chi connectivity index (χ0v) is 14.9. The number of H-pyrrole nitrogens is 1. The number of non-ortho nitro benzene ring substituents is 1. The van der Waals surface area contributed by atoms with E-state index in [1.165, 1.54) is 18.6 Å². The number of aromatic nitrogens is 3. The summed E-state index contributed by atoms with van der Waals surface area (Å²) in [5.74, 6) is 1.10. The minimum Gasteiger partial charge on any atom is -0.342 e. The molecule has 8 heteroatoms. The van der Waals surface area contributed by atoms with Crippen LogP contribution in [0.2, 0.25) is 0 Å². The molecule has 1 atom stereocenters. The first-order valence-electron chi connectivity index (χ1n) is 8.92. The van der Waals surface area contributed by atoms with Crippen LogP contribution in [0.1, 0.15) is 19.8 Å². The Hall–Kier alpha value is -3.29. The van der Waals surface area contributed by atoms with Gasteiger partial charge in [0.2, 0.25) is 5.95 Å². The Morgan fingerprint density at radius 2 is 2.04 bits per heavy atom. The van der Waals surface area contributed by atoms with Crippen molar-refractivity contribution in [3.8, 4) is 11.1 Å². The van der Waals surface area contributed by atoms with E-state index >= 15 is 0 Å². The lowest BCUT2D eigenvalue weighted by molar-refractivity contribution is -0.384. The number of nitro groups is 1. The predicted octanol–water partition coefficient (Wildman–Crippen LogP) is 3.13. The molecule has 0 spiro atoms. The minimum absolute atomic E-state index is 0.00523. The molecule has 2 aromatic heterocycles. The zero-order valence-electron chi connectivity index (χ0n) is 14.9. The molecular weight excluding hydrogens is 346 g/mol. The van der Waals surface area contributed by atoms with Gasteiger partial charge in [0, 0.05) is 31.4 Å². The lowest BCUT2D eigenvalue weighted by atomic mass is 10.0. The van der Waals surface area contributed by atoms with Gasteiger partial charge in [0.05, 0.1) is 10.3 Å². The van der Waals surface area contributed by atoms with E-state index in [1.807, 2.05) is 0 Å². The molecule has 0 bridgehead atoms. The maximum Gasteiger partial charge on any atom is 0.269 e. The normalized spacial score (nSPS) is 17.2. The van der Waals surface area contributed by atoms with Crippen molar-refractivity contribution < 1.29 is 4.92 Å². The number of rotatable bonds is 3.